The largest absolute Gasteiger partial charge is 0.481 e. The number of nitrogens with zero attached hydrogens (tertiary/aromatic N) is 1. The highest BCUT2D eigenvalue weighted by Gasteiger charge is 2.39. The van der Waals surface area contributed by atoms with Crippen LogP contribution in [0.15, 0.2) is 54.0 Å². The van der Waals surface area contributed by atoms with Gasteiger partial charge in [-0.1, -0.05) is 49.8 Å². The van der Waals surface area contributed by atoms with E-state index in [1.807, 2.05) is 32.9 Å². The van der Waals surface area contributed by atoms with Crippen molar-refractivity contribution >= 4 is 16.0 Å². The third-order valence-corrected chi connectivity index (χ3v) is 6.96. The van der Waals surface area contributed by atoms with Crippen LogP contribution in [0.25, 0.3) is 0 Å². The average Bonchev–Trinajstić information content (AvgIpc) is 2.61. The highest BCUT2D eigenvalue weighted by atomic mass is 32.2. The summed E-state index contributed by atoms with van der Waals surface area (Å²) in [6.07, 6.45) is 5.95. The molecule has 1 aliphatic rings. The van der Waals surface area contributed by atoms with Crippen molar-refractivity contribution < 1.29 is 18.3 Å². The van der Waals surface area contributed by atoms with Gasteiger partial charge in [0.25, 0.3) is 0 Å². The SMILES string of the molecule is C=C[C@@H](C(=O)O)[C@H]1CCN(S(=O)(=O)c2ccc(C)cc2)C[C@@H]1/C=C/C(C)C. The number of carbonyl (C=O) groups is 1. The van der Waals surface area contributed by atoms with Gasteiger partial charge < -0.3 is 5.11 Å². The first-order chi connectivity index (χ1) is 12.7. The fourth-order valence-electron chi connectivity index (χ4n) is 3.52. The number of benzene rings is 1. The van der Waals surface area contributed by atoms with Crippen molar-refractivity contribution in [3.8, 4) is 0 Å². The summed E-state index contributed by atoms with van der Waals surface area (Å²) >= 11 is 0. The molecule has 1 N–H and O–H groups in total. The molecule has 0 spiro atoms. The van der Waals surface area contributed by atoms with Gasteiger partial charge in [-0.3, -0.25) is 4.79 Å². The third-order valence-electron chi connectivity index (χ3n) is 5.08. The summed E-state index contributed by atoms with van der Waals surface area (Å²) in [6.45, 7) is 10.3. The molecule has 5 nitrogen and oxygen atoms in total. The summed E-state index contributed by atoms with van der Waals surface area (Å²) in [7, 11) is -3.60. The lowest BCUT2D eigenvalue weighted by Gasteiger charge is -2.38. The molecule has 2 rings (SSSR count). The Morgan fingerprint density at radius 2 is 1.93 bits per heavy atom. The Kier molecular flexibility index (Phi) is 7.00. The molecule has 1 aromatic rings. The Labute approximate surface area is 162 Å². The first-order valence-corrected chi connectivity index (χ1v) is 10.7. The molecule has 148 valence electrons. The van der Waals surface area contributed by atoms with Crippen molar-refractivity contribution in [1.82, 2.24) is 4.31 Å². The molecule has 1 aromatic carbocycles. The van der Waals surface area contributed by atoms with Crippen LogP contribution in [0.4, 0.5) is 0 Å². The molecule has 6 heteroatoms. The van der Waals surface area contributed by atoms with Crippen LogP contribution in [0.1, 0.15) is 25.8 Å². The second-order valence-corrected chi connectivity index (χ2v) is 9.46. The highest BCUT2D eigenvalue weighted by Crippen LogP contribution is 2.34. The number of hydrogen-bond donors (Lipinski definition) is 1. The maximum absolute atomic E-state index is 13.0. The zero-order valence-corrected chi connectivity index (χ0v) is 17.0. The van der Waals surface area contributed by atoms with Gasteiger partial charge in [0.05, 0.1) is 10.8 Å². The molecule has 0 aliphatic carbocycles. The number of aryl methyl sites for hydroxylation is 1. The van der Waals surface area contributed by atoms with Gasteiger partial charge in [-0.05, 0) is 43.2 Å². The zero-order valence-electron chi connectivity index (χ0n) is 16.2. The topological polar surface area (TPSA) is 74.7 Å². The Balaban J connectivity index is 2.31. The molecule has 0 saturated carbocycles. The standard InChI is InChI=1S/C21H29NO4S/c1-5-19(21(23)24)20-12-13-22(14-17(20)9-6-15(2)3)27(25,26)18-10-7-16(4)8-11-18/h5-11,15,17,19-20H,1,12-14H2,2-4H3,(H,23,24)/b9-6+/t17-,19+,20-/m0/s1. The molecule has 1 saturated heterocycles. The van der Waals surface area contributed by atoms with E-state index >= 15 is 0 Å². The van der Waals surface area contributed by atoms with Crippen molar-refractivity contribution in [2.75, 3.05) is 13.1 Å². The zero-order chi connectivity index (χ0) is 20.2. The van der Waals surface area contributed by atoms with Crippen LogP contribution in [0.2, 0.25) is 0 Å². The maximum atomic E-state index is 13.0. The monoisotopic (exact) mass is 391 g/mol. The van der Waals surface area contributed by atoms with Gasteiger partial charge in [0, 0.05) is 13.1 Å². The summed E-state index contributed by atoms with van der Waals surface area (Å²) < 4.78 is 27.5. The fourth-order valence-corrected chi connectivity index (χ4v) is 5.01. The van der Waals surface area contributed by atoms with Crippen LogP contribution in [0, 0.1) is 30.6 Å². The number of rotatable bonds is 7. The first-order valence-electron chi connectivity index (χ1n) is 9.27. The Hall–Kier alpha value is -1.92. The first kappa shape index (κ1) is 21.4. The second-order valence-electron chi connectivity index (χ2n) is 7.52. The predicted octanol–water partition coefficient (Wildman–Crippen LogP) is 3.72. The van der Waals surface area contributed by atoms with Crippen molar-refractivity contribution in [2.45, 2.75) is 32.1 Å². The number of carboxylic acids is 1. The van der Waals surface area contributed by atoms with Gasteiger partial charge >= 0.3 is 5.97 Å². The Morgan fingerprint density at radius 3 is 2.44 bits per heavy atom. The predicted molar refractivity (Wildman–Crippen MR) is 107 cm³/mol. The van der Waals surface area contributed by atoms with Crippen LogP contribution >= 0.6 is 0 Å². The van der Waals surface area contributed by atoms with Gasteiger partial charge in [0.2, 0.25) is 10.0 Å². The second kappa shape index (κ2) is 8.85. The summed E-state index contributed by atoms with van der Waals surface area (Å²) in [5.74, 6) is -1.62. The van der Waals surface area contributed by atoms with E-state index < -0.39 is 21.9 Å². The summed E-state index contributed by atoms with van der Waals surface area (Å²) in [5, 5.41) is 9.52. The quantitative estimate of drug-likeness (QED) is 0.719. The number of piperidine rings is 1. The normalized spacial score (nSPS) is 22.8. The van der Waals surface area contributed by atoms with Crippen LogP contribution in [-0.4, -0.2) is 36.9 Å². The minimum absolute atomic E-state index is 0.166. The van der Waals surface area contributed by atoms with Gasteiger partial charge in [-0.15, -0.1) is 6.58 Å². The number of allylic oxidation sites excluding steroid dienone is 1. The van der Waals surface area contributed by atoms with Gasteiger partial charge in [0.15, 0.2) is 0 Å². The van der Waals surface area contributed by atoms with E-state index in [2.05, 4.69) is 6.58 Å². The van der Waals surface area contributed by atoms with Crippen molar-refractivity contribution in [1.29, 1.82) is 0 Å². The van der Waals surface area contributed by atoms with Gasteiger partial charge in [-0.25, -0.2) is 8.42 Å². The third kappa shape index (κ3) is 5.08. The Morgan fingerprint density at radius 1 is 1.30 bits per heavy atom. The molecule has 1 aliphatic heterocycles. The van der Waals surface area contributed by atoms with E-state index in [1.165, 1.54) is 10.4 Å². The van der Waals surface area contributed by atoms with Crippen LogP contribution in [0.3, 0.4) is 0 Å². The molecule has 27 heavy (non-hydrogen) atoms. The van der Waals surface area contributed by atoms with E-state index in [4.69, 9.17) is 0 Å². The molecule has 0 bridgehead atoms. The molecule has 0 aromatic heterocycles. The number of hydrogen-bond acceptors (Lipinski definition) is 3. The summed E-state index contributed by atoms with van der Waals surface area (Å²) in [4.78, 5) is 11.9. The number of aliphatic carboxylic acids is 1. The van der Waals surface area contributed by atoms with Gasteiger partial charge in [-0.2, -0.15) is 4.31 Å². The Bertz CT molecular complexity index is 796. The molecule has 0 amide bonds. The number of sulfonamides is 1. The molecular weight excluding hydrogens is 362 g/mol. The van der Waals surface area contributed by atoms with Crippen LogP contribution in [-0.2, 0) is 14.8 Å². The minimum Gasteiger partial charge on any atom is -0.481 e. The summed E-state index contributed by atoms with van der Waals surface area (Å²) in [5.41, 5.74) is 1.00. The van der Waals surface area contributed by atoms with Crippen molar-refractivity contribution in [2.24, 2.45) is 23.7 Å². The highest BCUT2D eigenvalue weighted by molar-refractivity contribution is 7.89. The molecule has 3 atom stereocenters. The van der Waals surface area contributed by atoms with E-state index in [-0.39, 0.29) is 23.3 Å². The lowest BCUT2D eigenvalue weighted by atomic mass is 9.76. The van der Waals surface area contributed by atoms with Crippen molar-refractivity contribution in [3.05, 3.63) is 54.6 Å². The molecule has 1 fully saturated rings. The van der Waals surface area contributed by atoms with E-state index in [9.17, 15) is 18.3 Å². The van der Waals surface area contributed by atoms with E-state index in [0.29, 0.717) is 18.9 Å². The maximum Gasteiger partial charge on any atom is 0.310 e. The molecule has 0 radical (unpaired) electrons. The van der Waals surface area contributed by atoms with E-state index in [1.54, 1.807) is 24.3 Å². The lowest BCUT2D eigenvalue weighted by Crippen LogP contribution is -2.46. The van der Waals surface area contributed by atoms with Crippen molar-refractivity contribution in [3.63, 3.8) is 0 Å². The van der Waals surface area contributed by atoms with Crippen LogP contribution in [0.5, 0.6) is 0 Å². The van der Waals surface area contributed by atoms with Gasteiger partial charge in [0.1, 0.15) is 0 Å². The van der Waals surface area contributed by atoms with E-state index in [0.717, 1.165) is 5.56 Å². The van der Waals surface area contributed by atoms with Crippen LogP contribution < -0.4 is 0 Å². The molecule has 1 heterocycles. The molecule has 0 unspecified atom stereocenters. The molecular formula is C21H29NO4S. The minimum atomic E-state index is -3.60. The fraction of sp³-hybridized carbons (Fsp3) is 0.476. The average molecular weight is 392 g/mol. The number of carboxylic acid groups (broad SMARTS) is 1. The smallest absolute Gasteiger partial charge is 0.310 e. The lowest BCUT2D eigenvalue weighted by molar-refractivity contribution is -0.142. The summed E-state index contributed by atoms with van der Waals surface area (Å²) in [6, 6.07) is 6.82.